The number of phenols is 1. The first-order valence-corrected chi connectivity index (χ1v) is 4.98. The maximum Gasteiger partial charge on any atom is 0.386 e. The highest BCUT2D eigenvalue weighted by Crippen LogP contribution is 2.18. The standard InChI is InChI=1S/C13H10O4/c14-11-7-4-8-12(9-11)16-17-13(15)10-5-2-1-3-6-10/h1-9,14H. The van der Waals surface area contributed by atoms with Crippen LogP contribution in [0, 0.1) is 0 Å². The summed E-state index contributed by atoms with van der Waals surface area (Å²) in [5.41, 5.74) is 0.396. The van der Waals surface area contributed by atoms with Gasteiger partial charge in [-0.05, 0) is 24.3 Å². The molecule has 0 atom stereocenters. The predicted molar refractivity (Wildman–Crippen MR) is 60.6 cm³/mol. The van der Waals surface area contributed by atoms with Gasteiger partial charge >= 0.3 is 5.97 Å². The minimum absolute atomic E-state index is 0.0401. The molecule has 0 bridgehead atoms. The minimum Gasteiger partial charge on any atom is -0.508 e. The third-order valence-electron chi connectivity index (χ3n) is 2.04. The fourth-order valence-corrected chi connectivity index (χ4v) is 1.24. The second-order valence-electron chi connectivity index (χ2n) is 3.32. The van der Waals surface area contributed by atoms with Crippen LogP contribution in [0.15, 0.2) is 54.6 Å². The van der Waals surface area contributed by atoms with E-state index in [0.29, 0.717) is 5.56 Å². The van der Waals surface area contributed by atoms with Gasteiger partial charge in [0.15, 0.2) is 5.75 Å². The summed E-state index contributed by atoms with van der Waals surface area (Å²) >= 11 is 0. The van der Waals surface area contributed by atoms with E-state index in [0.717, 1.165) is 0 Å². The highest BCUT2D eigenvalue weighted by Gasteiger charge is 2.08. The zero-order chi connectivity index (χ0) is 12.1. The molecule has 0 fully saturated rings. The predicted octanol–water partition coefficient (Wildman–Crippen LogP) is 2.54. The lowest BCUT2D eigenvalue weighted by atomic mass is 10.2. The Morgan fingerprint density at radius 2 is 1.76 bits per heavy atom. The Balaban J connectivity index is 1.97. The van der Waals surface area contributed by atoms with Gasteiger partial charge in [0.05, 0.1) is 5.56 Å². The van der Waals surface area contributed by atoms with E-state index >= 15 is 0 Å². The van der Waals surface area contributed by atoms with Crippen LogP contribution in [0.5, 0.6) is 11.5 Å². The van der Waals surface area contributed by atoms with Crippen LogP contribution in [0.4, 0.5) is 0 Å². The maximum absolute atomic E-state index is 11.5. The molecule has 0 saturated carbocycles. The van der Waals surface area contributed by atoms with E-state index in [-0.39, 0.29) is 11.5 Å². The van der Waals surface area contributed by atoms with Gasteiger partial charge in [-0.25, -0.2) is 9.68 Å². The average molecular weight is 230 g/mol. The SMILES string of the molecule is O=C(OOc1cccc(O)c1)c1ccccc1. The number of hydrogen-bond donors (Lipinski definition) is 1. The van der Waals surface area contributed by atoms with Crippen LogP contribution in [-0.4, -0.2) is 11.1 Å². The molecule has 0 spiro atoms. The molecule has 0 aliphatic heterocycles. The van der Waals surface area contributed by atoms with Gasteiger partial charge in [-0.1, -0.05) is 24.3 Å². The second kappa shape index (κ2) is 5.03. The molecule has 0 saturated heterocycles. The summed E-state index contributed by atoms with van der Waals surface area (Å²) in [5.74, 6) is -0.290. The normalized spacial score (nSPS) is 9.65. The third kappa shape index (κ3) is 2.98. The Kier molecular flexibility index (Phi) is 3.25. The first kappa shape index (κ1) is 11.0. The van der Waals surface area contributed by atoms with Crippen molar-refractivity contribution in [1.29, 1.82) is 0 Å². The quantitative estimate of drug-likeness (QED) is 0.650. The highest BCUT2D eigenvalue weighted by molar-refractivity contribution is 5.88. The number of rotatable bonds is 3. The van der Waals surface area contributed by atoms with Gasteiger partial charge < -0.3 is 5.11 Å². The molecule has 2 aromatic carbocycles. The molecule has 86 valence electrons. The van der Waals surface area contributed by atoms with Crippen LogP contribution >= 0.6 is 0 Å². The summed E-state index contributed by atoms with van der Waals surface area (Å²) in [6.07, 6.45) is 0. The summed E-state index contributed by atoms with van der Waals surface area (Å²) in [7, 11) is 0. The largest absolute Gasteiger partial charge is 0.508 e. The zero-order valence-corrected chi connectivity index (χ0v) is 8.87. The lowest BCUT2D eigenvalue weighted by Crippen LogP contribution is -2.07. The lowest BCUT2D eigenvalue weighted by Gasteiger charge is -2.04. The van der Waals surface area contributed by atoms with Crippen LogP contribution in [-0.2, 0) is 4.89 Å². The van der Waals surface area contributed by atoms with Crippen LogP contribution in [0.2, 0.25) is 0 Å². The van der Waals surface area contributed by atoms with E-state index in [4.69, 9.17) is 4.89 Å². The molecule has 17 heavy (non-hydrogen) atoms. The first-order chi connectivity index (χ1) is 8.25. The van der Waals surface area contributed by atoms with Crippen LogP contribution in [0.25, 0.3) is 0 Å². The van der Waals surface area contributed by atoms with Gasteiger partial charge in [-0.15, -0.1) is 0 Å². The van der Waals surface area contributed by atoms with Crippen molar-refractivity contribution in [2.75, 3.05) is 0 Å². The Morgan fingerprint density at radius 1 is 1.00 bits per heavy atom. The van der Waals surface area contributed by atoms with E-state index in [1.807, 2.05) is 0 Å². The number of phenolic OH excluding ortho intramolecular Hbond substituents is 1. The Bertz CT molecular complexity index is 508. The molecule has 4 heteroatoms. The van der Waals surface area contributed by atoms with Gasteiger partial charge in [-0.2, -0.15) is 0 Å². The average Bonchev–Trinajstić information content (AvgIpc) is 2.37. The van der Waals surface area contributed by atoms with Crippen molar-refractivity contribution in [2.45, 2.75) is 0 Å². The van der Waals surface area contributed by atoms with Crippen LogP contribution < -0.4 is 4.89 Å². The Morgan fingerprint density at radius 3 is 2.47 bits per heavy atom. The van der Waals surface area contributed by atoms with E-state index in [1.54, 1.807) is 42.5 Å². The molecule has 0 aliphatic rings. The molecular formula is C13H10O4. The number of carbonyl (C=O) groups is 1. The monoisotopic (exact) mass is 230 g/mol. The van der Waals surface area contributed by atoms with Crippen molar-refractivity contribution in [3.8, 4) is 11.5 Å². The van der Waals surface area contributed by atoms with Gasteiger partial charge in [0.2, 0.25) is 0 Å². The summed E-state index contributed by atoms with van der Waals surface area (Å²) in [4.78, 5) is 20.9. The minimum atomic E-state index is -0.589. The summed E-state index contributed by atoms with van der Waals surface area (Å²) in [6, 6.07) is 14.5. The fourth-order valence-electron chi connectivity index (χ4n) is 1.24. The molecule has 0 radical (unpaired) electrons. The summed E-state index contributed by atoms with van der Waals surface area (Å²) < 4.78 is 0. The Labute approximate surface area is 98.0 Å². The van der Waals surface area contributed by atoms with Crippen LogP contribution in [0.3, 0.4) is 0 Å². The summed E-state index contributed by atoms with van der Waals surface area (Å²) in [5, 5.41) is 9.17. The van der Waals surface area contributed by atoms with Crippen molar-refractivity contribution in [3.05, 3.63) is 60.2 Å². The first-order valence-electron chi connectivity index (χ1n) is 4.98. The molecule has 0 aromatic heterocycles. The molecule has 2 aromatic rings. The number of benzene rings is 2. The molecule has 4 nitrogen and oxygen atoms in total. The zero-order valence-electron chi connectivity index (χ0n) is 8.87. The van der Waals surface area contributed by atoms with Crippen LogP contribution in [0.1, 0.15) is 10.4 Å². The van der Waals surface area contributed by atoms with E-state index < -0.39 is 5.97 Å². The fraction of sp³-hybridized carbons (Fsp3) is 0. The second-order valence-corrected chi connectivity index (χ2v) is 3.32. The number of carbonyl (C=O) groups excluding carboxylic acids is 1. The van der Waals surface area contributed by atoms with Gasteiger partial charge in [0.25, 0.3) is 0 Å². The van der Waals surface area contributed by atoms with Crippen molar-refractivity contribution < 1.29 is 19.7 Å². The summed E-state index contributed by atoms with van der Waals surface area (Å²) in [6.45, 7) is 0. The lowest BCUT2D eigenvalue weighted by molar-refractivity contribution is -0.149. The highest BCUT2D eigenvalue weighted by atomic mass is 17.2. The van der Waals surface area contributed by atoms with E-state index in [1.165, 1.54) is 12.1 Å². The number of aromatic hydroxyl groups is 1. The molecule has 1 N–H and O–H groups in total. The van der Waals surface area contributed by atoms with Crippen molar-refractivity contribution in [2.24, 2.45) is 0 Å². The molecule has 0 amide bonds. The van der Waals surface area contributed by atoms with E-state index in [9.17, 15) is 9.90 Å². The maximum atomic E-state index is 11.5. The van der Waals surface area contributed by atoms with Crippen molar-refractivity contribution in [1.82, 2.24) is 0 Å². The van der Waals surface area contributed by atoms with E-state index in [2.05, 4.69) is 4.89 Å². The molecule has 0 aliphatic carbocycles. The van der Waals surface area contributed by atoms with Crippen molar-refractivity contribution in [3.63, 3.8) is 0 Å². The Hall–Kier alpha value is -2.49. The third-order valence-corrected chi connectivity index (χ3v) is 2.04. The molecule has 2 rings (SSSR count). The molecule has 0 unspecified atom stereocenters. The number of hydrogen-bond acceptors (Lipinski definition) is 4. The smallest absolute Gasteiger partial charge is 0.386 e. The van der Waals surface area contributed by atoms with Crippen molar-refractivity contribution >= 4 is 5.97 Å². The van der Waals surface area contributed by atoms with Gasteiger partial charge in [-0.3, -0.25) is 4.89 Å². The van der Waals surface area contributed by atoms with Gasteiger partial charge in [0.1, 0.15) is 5.75 Å². The molecular weight excluding hydrogens is 220 g/mol. The topological polar surface area (TPSA) is 55.8 Å². The molecule has 0 heterocycles. The van der Waals surface area contributed by atoms with Gasteiger partial charge in [0, 0.05) is 6.07 Å².